The number of allylic oxidation sites excluding steroid dienone is 1. The highest BCUT2D eigenvalue weighted by atomic mass is 28.4. The van der Waals surface area contributed by atoms with Crippen molar-refractivity contribution in [3.05, 3.63) is 36.2 Å². The summed E-state index contributed by atoms with van der Waals surface area (Å²) < 4.78 is 6.28. The third kappa shape index (κ3) is 3.43. The van der Waals surface area contributed by atoms with Crippen molar-refractivity contribution in [2.75, 3.05) is 0 Å². The zero-order chi connectivity index (χ0) is 13.1. The van der Waals surface area contributed by atoms with Gasteiger partial charge in [-0.25, -0.2) is 0 Å². The summed E-state index contributed by atoms with van der Waals surface area (Å²) in [5.41, 5.74) is 0.917. The summed E-state index contributed by atoms with van der Waals surface area (Å²) in [6, 6.07) is 5.90. The van der Waals surface area contributed by atoms with Crippen molar-refractivity contribution in [3.63, 3.8) is 0 Å². The van der Waals surface area contributed by atoms with Crippen molar-refractivity contribution in [1.29, 1.82) is 0 Å². The fourth-order valence-electron chi connectivity index (χ4n) is 1.20. The van der Waals surface area contributed by atoms with Crippen LogP contribution >= 0.6 is 0 Å². The lowest BCUT2D eigenvalue weighted by molar-refractivity contribution is 0.455. The first-order valence-electron chi connectivity index (χ1n) is 6.04. The molecule has 0 aliphatic rings. The molecule has 3 heteroatoms. The Hall–Kier alpha value is -1.09. The second kappa shape index (κ2) is 5.04. The average Bonchev–Trinajstić information content (AvgIpc) is 2.25. The molecule has 0 N–H and O–H groups in total. The highest BCUT2D eigenvalue weighted by Gasteiger charge is 2.39. The molecule has 0 aliphatic heterocycles. The molecule has 94 valence electrons. The SMILES string of the molecule is C/C=C(/O[Si](C)(C)C(C)(C)C)c1ccccn1. The number of hydrogen-bond acceptors (Lipinski definition) is 2. The van der Waals surface area contributed by atoms with Crippen molar-refractivity contribution in [2.24, 2.45) is 0 Å². The highest BCUT2D eigenvalue weighted by Crippen LogP contribution is 2.39. The van der Waals surface area contributed by atoms with Crippen LogP contribution in [0.3, 0.4) is 0 Å². The van der Waals surface area contributed by atoms with E-state index in [1.807, 2.05) is 31.2 Å². The monoisotopic (exact) mass is 249 g/mol. The van der Waals surface area contributed by atoms with E-state index in [1.165, 1.54) is 0 Å². The van der Waals surface area contributed by atoms with Crippen molar-refractivity contribution in [2.45, 2.75) is 45.8 Å². The molecule has 0 fully saturated rings. The van der Waals surface area contributed by atoms with Crippen LogP contribution < -0.4 is 0 Å². The Bertz CT molecular complexity index is 390. The molecule has 0 unspecified atom stereocenters. The van der Waals surface area contributed by atoms with E-state index < -0.39 is 8.32 Å². The van der Waals surface area contributed by atoms with Gasteiger partial charge in [0.2, 0.25) is 0 Å². The molecule has 0 aromatic carbocycles. The van der Waals surface area contributed by atoms with Crippen LogP contribution in [0.25, 0.3) is 5.76 Å². The Morgan fingerprint density at radius 2 is 1.94 bits per heavy atom. The van der Waals surface area contributed by atoms with Crippen LogP contribution in [-0.4, -0.2) is 13.3 Å². The molecule has 0 saturated heterocycles. The van der Waals surface area contributed by atoms with Crippen molar-refractivity contribution < 1.29 is 4.43 Å². The molecule has 0 radical (unpaired) electrons. The molecule has 2 nitrogen and oxygen atoms in total. The molecule has 1 aromatic rings. The number of rotatable bonds is 3. The van der Waals surface area contributed by atoms with E-state index in [2.05, 4.69) is 38.8 Å². The lowest BCUT2D eigenvalue weighted by atomic mass is 10.2. The van der Waals surface area contributed by atoms with Crippen molar-refractivity contribution >= 4 is 14.1 Å². The molecule has 0 saturated carbocycles. The van der Waals surface area contributed by atoms with Crippen molar-refractivity contribution in [1.82, 2.24) is 4.98 Å². The smallest absolute Gasteiger partial charge is 0.250 e. The molecule has 0 atom stereocenters. The number of hydrogen-bond donors (Lipinski definition) is 0. The zero-order valence-electron chi connectivity index (χ0n) is 11.7. The molecule has 17 heavy (non-hydrogen) atoms. The first kappa shape index (κ1) is 14.0. The largest absolute Gasteiger partial charge is 0.542 e. The van der Waals surface area contributed by atoms with Gasteiger partial charge in [0.05, 0.1) is 0 Å². The van der Waals surface area contributed by atoms with E-state index in [0.29, 0.717) is 0 Å². The fourth-order valence-corrected chi connectivity index (χ4v) is 2.27. The van der Waals surface area contributed by atoms with Gasteiger partial charge in [0.1, 0.15) is 11.5 Å². The number of nitrogens with zero attached hydrogens (tertiary/aromatic N) is 1. The van der Waals surface area contributed by atoms with Gasteiger partial charge in [0.15, 0.2) is 0 Å². The summed E-state index contributed by atoms with van der Waals surface area (Å²) in [7, 11) is -1.78. The third-order valence-electron chi connectivity index (χ3n) is 3.35. The predicted molar refractivity (Wildman–Crippen MR) is 76.2 cm³/mol. The van der Waals surface area contributed by atoms with Gasteiger partial charge in [-0.1, -0.05) is 26.8 Å². The Labute approximate surface area is 106 Å². The van der Waals surface area contributed by atoms with Gasteiger partial charge in [-0.05, 0) is 43.3 Å². The molecule has 0 amide bonds. The molecular formula is C14H23NOSi. The summed E-state index contributed by atoms with van der Waals surface area (Å²) in [6.07, 6.45) is 3.80. The van der Waals surface area contributed by atoms with E-state index in [-0.39, 0.29) is 5.04 Å². The molecule has 1 rings (SSSR count). The quantitative estimate of drug-likeness (QED) is 0.582. The van der Waals surface area contributed by atoms with Crippen LogP contribution in [-0.2, 0) is 4.43 Å². The Morgan fingerprint density at radius 1 is 1.29 bits per heavy atom. The average molecular weight is 249 g/mol. The van der Waals surface area contributed by atoms with E-state index in [0.717, 1.165) is 11.5 Å². The van der Waals surface area contributed by atoms with E-state index in [9.17, 15) is 0 Å². The highest BCUT2D eigenvalue weighted by molar-refractivity contribution is 6.74. The molecule has 0 spiro atoms. The van der Waals surface area contributed by atoms with Crippen LogP contribution in [0, 0.1) is 0 Å². The minimum atomic E-state index is -1.78. The molecule has 1 heterocycles. The Morgan fingerprint density at radius 3 is 2.35 bits per heavy atom. The Balaban J connectivity index is 2.94. The van der Waals surface area contributed by atoms with Gasteiger partial charge in [-0.2, -0.15) is 0 Å². The standard InChI is InChI=1S/C14H23NOSi/c1-7-13(12-10-8-9-11-15-12)16-17(5,6)14(2,3)4/h7-11H,1-6H3/b13-7+. The maximum absolute atomic E-state index is 6.28. The van der Waals surface area contributed by atoms with Crippen LogP contribution in [0.1, 0.15) is 33.4 Å². The summed E-state index contributed by atoms with van der Waals surface area (Å²) in [5, 5.41) is 0.204. The van der Waals surface area contributed by atoms with Crippen LogP contribution in [0.5, 0.6) is 0 Å². The molecular weight excluding hydrogens is 226 g/mol. The number of aromatic nitrogens is 1. The van der Waals surface area contributed by atoms with Gasteiger partial charge >= 0.3 is 0 Å². The summed E-state index contributed by atoms with van der Waals surface area (Å²) in [6.45, 7) is 13.2. The molecule has 0 bridgehead atoms. The van der Waals surface area contributed by atoms with E-state index in [4.69, 9.17) is 4.43 Å². The summed E-state index contributed by atoms with van der Waals surface area (Å²) in [4.78, 5) is 4.35. The lowest BCUT2D eigenvalue weighted by Gasteiger charge is -2.37. The first-order chi connectivity index (χ1) is 7.78. The summed E-state index contributed by atoms with van der Waals surface area (Å²) in [5.74, 6) is 0.900. The van der Waals surface area contributed by atoms with Gasteiger partial charge in [0.25, 0.3) is 8.32 Å². The van der Waals surface area contributed by atoms with Crippen LogP contribution in [0.2, 0.25) is 18.1 Å². The second-order valence-electron chi connectivity index (χ2n) is 5.73. The Kier molecular flexibility index (Phi) is 4.15. The van der Waals surface area contributed by atoms with Gasteiger partial charge in [-0.15, -0.1) is 0 Å². The van der Waals surface area contributed by atoms with Gasteiger partial charge in [-0.3, -0.25) is 4.98 Å². The van der Waals surface area contributed by atoms with Crippen molar-refractivity contribution in [3.8, 4) is 0 Å². The second-order valence-corrected chi connectivity index (χ2v) is 10.5. The zero-order valence-corrected chi connectivity index (χ0v) is 12.7. The minimum Gasteiger partial charge on any atom is -0.542 e. The summed E-state index contributed by atoms with van der Waals surface area (Å²) >= 11 is 0. The van der Waals surface area contributed by atoms with Gasteiger partial charge in [0, 0.05) is 6.20 Å². The fraction of sp³-hybridized carbons (Fsp3) is 0.500. The van der Waals surface area contributed by atoms with Gasteiger partial charge < -0.3 is 4.43 Å². The third-order valence-corrected chi connectivity index (χ3v) is 7.69. The number of pyridine rings is 1. The molecule has 0 aliphatic carbocycles. The minimum absolute atomic E-state index is 0.204. The molecule has 1 aromatic heterocycles. The maximum Gasteiger partial charge on any atom is 0.250 e. The maximum atomic E-state index is 6.28. The van der Waals surface area contributed by atoms with E-state index >= 15 is 0 Å². The van der Waals surface area contributed by atoms with Crippen LogP contribution in [0.15, 0.2) is 30.5 Å². The normalized spacial score (nSPS) is 13.6. The van der Waals surface area contributed by atoms with Crippen LogP contribution in [0.4, 0.5) is 0 Å². The van der Waals surface area contributed by atoms with E-state index in [1.54, 1.807) is 6.20 Å². The predicted octanol–water partition coefficient (Wildman–Crippen LogP) is 4.46. The lowest BCUT2D eigenvalue weighted by Crippen LogP contribution is -2.40. The first-order valence-corrected chi connectivity index (χ1v) is 8.95. The topological polar surface area (TPSA) is 22.1 Å².